The Morgan fingerprint density at radius 1 is 1.31 bits per heavy atom. The minimum absolute atomic E-state index is 0.288. The summed E-state index contributed by atoms with van der Waals surface area (Å²) in [5, 5.41) is 0. The third kappa shape index (κ3) is 3.98. The number of halogens is 2. The predicted octanol–water partition coefficient (Wildman–Crippen LogP) is 2.98. The van der Waals surface area contributed by atoms with Crippen LogP contribution in [0.15, 0.2) is 16.6 Å². The molecule has 90 valence electrons. The molecule has 0 radical (unpaired) electrons. The molecule has 0 bridgehead atoms. The van der Waals surface area contributed by atoms with E-state index in [1.54, 1.807) is 0 Å². The highest BCUT2D eigenvalue weighted by atomic mass is 79.9. The Morgan fingerprint density at radius 3 is 2.75 bits per heavy atom. The van der Waals surface area contributed by atoms with Gasteiger partial charge >= 0.3 is 0 Å². The number of nitrogen functional groups attached to an aromatic ring is 1. The van der Waals surface area contributed by atoms with Gasteiger partial charge in [-0.25, -0.2) is 4.39 Å². The molecule has 16 heavy (non-hydrogen) atoms. The number of hydrogen-bond donors (Lipinski definition) is 1. The summed E-state index contributed by atoms with van der Waals surface area (Å²) in [6.45, 7) is 3.66. The number of ether oxygens (including phenoxy) is 2. The van der Waals surface area contributed by atoms with Gasteiger partial charge in [0.2, 0.25) is 0 Å². The van der Waals surface area contributed by atoms with Crippen LogP contribution in [0.2, 0.25) is 0 Å². The fourth-order valence-corrected chi connectivity index (χ4v) is 1.45. The zero-order valence-corrected chi connectivity index (χ0v) is 10.7. The molecule has 1 rings (SSSR count). The summed E-state index contributed by atoms with van der Waals surface area (Å²) in [6, 6.07) is 2.75. The molecule has 3 nitrogen and oxygen atoms in total. The van der Waals surface area contributed by atoms with E-state index in [-0.39, 0.29) is 5.69 Å². The average molecular weight is 292 g/mol. The van der Waals surface area contributed by atoms with Crippen molar-refractivity contribution in [1.29, 1.82) is 0 Å². The second-order valence-electron chi connectivity index (χ2n) is 3.26. The van der Waals surface area contributed by atoms with Crippen molar-refractivity contribution < 1.29 is 13.9 Å². The van der Waals surface area contributed by atoms with E-state index in [1.165, 1.54) is 12.1 Å². The quantitative estimate of drug-likeness (QED) is 0.647. The third-order valence-corrected chi connectivity index (χ3v) is 2.49. The Labute approximate surface area is 103 Å². The van der Waals surface area contributed by atoms with Crippen molar-refractivity contribution in [1.82, 2.24) is 0 Å². The van der Waals surface area contributed by atoms with E-state index >= 15 is 0 Å². The maximum atomic E-state index is 13.0. The van der Waals surface area contributed by atoms with Crippen LogP contribution in [0.1, 0.15) is 13.3 Å². The van der Waals surface area contributed by atoms with E-state index in [1.807, 2.05) is 6.92 Å². The molecule has 5 heteroatoms. The monoisotopic (exact) mass is 291 g/mol. The van der Waals surface area contributed by atoms with Gasteiger partial charge in [0.05, 0.1) is 16.8 Å². The molecule has 0 aliphatic rings. The van der Waals surface area contributed by atoms with Gasteiger partial charge < -0.3 is 15.2 Å². The molecule has 0 heterocycles. The van der Waals surface area contributed by atoms with Gasteiger partial charge in [-0.2, -0.15) is 0 Å². The summed E-state index contributed by atoms with van der Waals surface area (Å²) in [4.78, 5) is 0. The average Bonchev–Trinajstić information content (AvgIpc) is 2.25. The molecule has 2 N–H and O–H groups in total. The molecule has 0 saturated carbocycles. The molecule has 0 aromatic heterocycles. The fraction of sp³-hybridized carbons (Fsp3) is 0.455. The highest BCUT2D eigenvalue weighted by molar-refractivity contribution is 9.10. The zero-order chi connectivity index (χ0) is 12.0. The first-order chi connectivity index (χ1) is 7.65. The molecule has 1 aromatic carbocycles. The molecule has 0 spiro atoms. The summed E-state index contributed by atoms with van der Waals surface area (Å²) in [7, 11) is 0. The van der Waals surface area contributed by atoms with Crippen molar-refractivity contribution in [2.24, 2.45) is 0 Å². The lowest BCUT2D eigenvalue weighted by Gasteiger charge is -2.09. The molecule has 0 aliphatic heterocycles. The molecular weight excluding hydrogens is 277 g/mol. The van der Waals surface area contributed by atoms with Crippen LogP contribution < -0.4 is 10.5 Å². The van der Waals surface area contributed by atoms with Crippen LogP contribution in [0.5, 0.6) is 5.75 Å². The lowest BCUT2D eigenvalue weighted by atomic mass is 10.3. The van der Waals surface area contributed by atoms with Crippen LogP contribution >= 0.6 is 15.9 Å². The molecule has 0 amide bonds. The molecule has 0 saturated heterocycles. The molecule has 0 fully saturated rings. The highest BCUT2D eigenvalue weighted by Crippen LogP contribution is 2.28. The summed E-state index contributed by atoms with van der Waals surface area (Å²) in [5.41, 5.74) is 5.89. The lowest BCUT2D eigenvalue weighted by Crippen LogP contribution is -2.08. The minimum Gasteiger partial charge on any atom is -0.489 e. The lowest BCUT2D eigenvalue weighted by molar-refractivity contribution is 0.101. The van der Waals surface area contributed by atoms with Crippen molar-refractivity contribution in [3.8, 4) is 5.75 Å². The van der Waals surface area contributed by atoms with E-state index in [9.17, 15) is 4.39 Å². The Morgan fingerprint density at radius 2 is 2.06 bits per heavy atom. The zero-order valence-electron chi connectivity index (χ0n) is 9.13. The van der Waals surface area contributed by atoms with Gasteiger partial charge in [0.25, 0.3) is 0 Å². The standard InChI is InChI=1S/C11H15BrFNO2/c1-2-3-15-4-5-16-11-6-8(12)9(13)7-10(11)14/h6-7H,2-5,14H2,1H3. The molecule has 0 aliphatic carbocycles. The van der Waals surface area contributed by atoms with Gasteiger partial charge in [0.1, 0.15) is 18.2 Å². The van der Waals surface area contributed by atoms with Crippen molar-refractivity contribution in [2.75, 3.05) is 25.6 Å². The number of benzene rings is 1. The van der Waals surface area contributed by atoms with Crippen LogP contribution in [-0.2, 0) is 4.74 Å². The Balaban J connectivity index is 2.45. The highest BCUT2D eigenvalue weighted by Gasteiger charge is 2.06. The molecular formula is C11H15BrFNO2. The van der Waals surface area contributed by atoms with Crippen LogP contribution in [0, 0.1) is 5.82 Å². The summed E-state index contributed by atoms with van der Waals surface area (Å²) in [6.07, 6.45) is 0.976. The van der Waals surface area contributed by atoms with E-state index in [2.05, 4.69) is 15.9 Å². The fourth-order valence-electron chi connectivity index (χ4n) is 1.13. The summed E-state index contributed by atoms with van der Waals surface area (Å²) < 4.78 is 24.0. The van der Waals surface area contributed by atoms with Gasteiger partial charge in [-0.1, -0.05) is 6.92 Å². The Bertz CT molecular complexity index is 347. The van der Waals surface area contributed by atoms with Crippen molar-refractivity contribution >= 4 is 21.6 Å². The van der Waals surface area contributed by atoms with Gasteiger partial charge in [-0.3, -0.25) is 0 Å². The molecule has 0 unspecified atom stereocenters. The van der Waals surface area contributed by atoms with Crippen LogP contribution in [0.4, 0.5) is 10.1 Å². The van der Waals surface area contributed by atoms with Crippen LogP contribution in [0.3, 0.4) is 0 Å². The Kier molecular flexibility index (Phi) is 5.55. The van der Waals surface area contributed by atoms with E-state index in [0.717, 1.165) is 6.42 Å². The van der Waals surface area contributed by atoms with Crippen LogP contribution in [0.25, 0.3) is 0 Å². The van der Waals surface area contributed by atoms with Gasteiger partial charge in [-0.15, -0.1) is 0 Å². The second kappa shape index (κ2) is 6.70. The number of hydrogen-bond acceptors (Lipinski definition) is 3. The van der Waals surface area contributed by atoms with Crippen molar-refractivity contribution in [2.45, 2.75) is 13.3 Å². The van der Waals surface area contributed by atoms with Crippen molar-refractivity contribution in [3.05, 3.63) is 22.4 Å². The first-order valence-corrected chi connectivity index (χ1v) is 5.89. The maximum absolute atomic E-state index is 13.0. The largest absolute Gasteiger partial charge is 0.489 e. The van der Waals surface area contributed by atoms with E-state index < -0.39 is 5.82 Å². The predicted molar refractivity (Wildman–Crippen MR) is 65.1 cm³/mol. The SMILES string of the molecule is CCCOCCOc1cc(Br)c(F)cc1N. The number of anilines is 1. The topological polar surface area (TPSA) is 44.5 Å². The van der Waals surface area contributed by atoms with E-state index in [0.29, 0.717) is 30.0 Å². The van der Waals surface area contributed by atoms with E-state index in [4.69, 9.17) is 15.2 Å². The number of nitrogens with two attached hydrogens (primary N) is 1. The normalized spacial score (nSPS) is 10.4. The Hall–Kier alpha value is -0.810. The smallest absolute Gasteiger partial charge is 0.143 e. The summed E-state index contributed by atoms with van der Waals surface area (Å²) >= 11 is 3.07. The van der Waals surface area contributed by atoms with Gasteiger partial charge in [0.15, 0.2) is 0 Å². The molecule has 1 aromatic rings. The first-order valence-electron chi connectivity index (χ1n) is 5.10. The van der Waals surface area contributed by atoms with Gasteiger partial charge in [-0.05, 0) is 28.4 Å². The third-order valence-electron chi connectivity index (χ3n) is 1.89. The first kappa shape index (κ1) is 13.3. The van der Waals surface area contributed by atoms with Crippen molar-refractivity contribution in [3.63, 3.8) is 0 Å². The number of rotatable bonds is 6. The van der Waals surface area contributed by atoms with Gasteiger partial charge in [0, 0.05) is 12.7 Å². The second-order valence-corrected chi connectivity index (χ2v) is 4.12. The minimum atomic E-state index is -0.396. The maximum Gasteiger partial charge on any atom is 0.143 e. The molecule has 0 atom stereocenters. The summed E-state index contributed by atoms with van der Waals surface area (Å²) in [5.74, 6) is 0.0699. The van der Waals surface area contributed by atoms with Crippen LogP contribution in [-0.4, -0.2) is 19.8 Å².